The number of halogens is 1. The average molecular weight is 179 g/mol. The average Bonchev–Trinajstić information content (AvgIpc) is 2.41. The number of hydrogen-bond acceptors (Lipinski definition) is 1. The highest BCUT2D eigenvalue weighted by Crippen LogP contribution is 2.22. The summed E-state index contributed by atoms with van der Waals surface area (Å²) in [6.45, 7) is 0.650. The lowest BCUT2D eigenvalue weighted by Gasteiger charge is -2.08. The second-order valence-corrected chi connectivity index (χ2v) is 3.51. The van der Waals surface area contributed by atoms with Crippen molar-refractivity contribution in [2.45, 2.75) is 25.9 Å². The van der Waals surface area contributed by atoms with Gasteiger partial charge in [-0.15, -0.1) is 0 Å². The highest BCUT2D eigenvalue weighted by molar-refractivity contribution is 5.53. The fourth-order valence-electron chi connectivity index (χ4n) is 1.75. The topological polar surface area (TPSA) is 12.0 Å². The van der Waals surface area contributed by atoms with Gasteiger partial charge in [0.25, 0.3) is 0 Å². The summed E-state index contributed by atoms with van der Waals surface area (Å²) in [5.41, 5.74) is 3.23. The van der Waals surface area contributed by atoms with Gasteiger partial charge in [0, 0.05) is 12.2 Å². The third-order valence-corrected chi connectivity index (χ3v) is 2.52. The predicted molar refractivity (Wildman–Crippen MR) is 52.7 cm³/mol. The molecule has 1 aromatic carbocycles. The Hall–Kier alpha value is -1.05. The quantitative estimate of drug-likeness (QED) is 0.699. The van der Waals surface area contributed by atoms with Gasteiger partial charge in [-0.1, -0.05) is 12.1 Å². The van der Waals surface area contributed by atoms with Gasteiger partial charge in [0.05, 0.1) is 0 Å². The molecule has 1 nitrogen and oxygen atoms in total. The number of nitrogens with one attached hydrogen (secondary N) is 1. The Morgan fingerprint density at radius 3 is 3.08 bits per heavy atom. The minimum Gasteiger partial charge on any atom is -0.385 e. The molecule has 1 aromatic rings. The number of hydrogen-bond donors (Lipinski definition) is 1. The Kier molecular flexibility index (Phi) is 2.48. The molecule has 1 aliphatic rings. The molecule has 0 aromatic heterocycles. The van der Waals surface area contributed by atoms with Crippen molar-refractivity contribution in [1.29, 1.82) is 0 Å². The molecule has 0 bridgehead atoms. The molecular weight excluding hydrogens is 165 g/mol. The summed E-state index contributed by atoms with van der Waals surface area (Å²) in [6.07, 6.45) is 3.56. The number of fused-ring (bicyclic) bond motifs is 1. The number of anilines is 1. The van der Waals surface area contributed by atoms with Crippen LogP contribution in [-0.2, 0) is 13.1 Å². The van der Waals surface area contributed by atoms with Crippen molar-refractivity contribution in [2.75, 3.05) is 11.9 Å². The van der Waals surface area contributed by atoms with E-state index in [-0.39, 0.29) is 6.67 Å². The van der Waals surface area contributed by atoms with Gasteiger partial charge in [0.1, 0.15) is 6.67 Å². The van der Waals surface area contributed by atoms with E-state index in [9.17, 15) is 4.39 Å². The van der Waals surface area contributed by atoms with Crippen molar-refractivity contribution in [3.05, 3.63) is 29.3 Å². The largest absolute Gasteiger partial charge is 0.385 e. The molecule has 1 heterocycles. The molecule has 1 aliphatic heterocycles. The zero-order chi connectivity index (χ0) is 9.10. The molecule has 0 unspecified atom stereocenters. The van der Waals surface area contributed by atoms with E-state index in [0.29, 0.717) is 0 Å². The highest BCUT2D eigenvalue weighted by atomic mass is 19.1. The van der Waals surface area contributed by atoms with Crippen LogP contribution in [0.25, 0.3) is 0 Å². The van der Waals surface area contributed by atoms with Crippen LogP contribution < -0.4 is 5.32 Å². The second kappa shape index (κ2) is 3.77. The molecule has 13 heavy (non-hydrogen) atoms. The van der Waals surface area contributed by atoms with Crippen LogP contribution in [0.1, 0.15) is 24.0 Å². The Morgan fingerprint density at radius 1 is 1.31 bits per heavy atom. The van der Waals surface area contributed by atoms with Crippen molar-refractivity contribution in [3.63, 3.8) is 0 Å². The highest BCUT2D eigenvalue weighted by Gasteiger charge is 2.07. The molecule has 1 N–H and O–H groups in total. The van der Waals surface area contributed by atoms with E-state index < -0.39 is 0 Å². The summed E-state index contributed by atoms with van der Waals surface area (Å²) in [5, 5.41) is 3.33. The number of aryl methyl sites for hydroxylation is 1. The molecule has 2 rings (SSSR count). The number of benzene rings is 1. The molecule has 0 saturated carbocycles. The first-order valence-electron chi connectivity index (χ1n) is 4.82. The predicted octanol–water partition coefficient (Wildman–Crippen LogP) is 2.90. The van der Waals surface area contributed by atoms with Crippen molar-refractivity contribution < 1.29 is 4.39 Å². The lowest BCUT2D eigenvalue weighted by atomic mass is 10.1. The van der Waals surface area contributed by atoms with Crippen molar-refractivity contribution in [3.8, 4) is 0 Å². The van der Waals surface area contributed by atoms with Crippen LogP contribution in [0.2, 0.25) is 0 Å². The van der Waals surface area contributed by atoms with E-state index in [1.807, 2.05) is 18.2 Å². The van der Waals surface area contributed by atoms with Crippen molar-refractivity contribution in [1.82, 2.24) is 0 Å². The summed E-state index contributed by atoms with van der Waals surface area (Å²) in [4.78, 5) is 0. The van der Waals surface area contributed by atoms with Gasteiger partial charge >= 0.3 is 0 Å². The van der Waals surface area contributed by atoms with Crippen molar-refractivity contribution >= 4 is 5.69 Å². The second-order valence-electron chi connectivity index (χ2n) is 3.51. The molecule has 0 atom stereocenters. The van der Waals surface area contributed by atoms with Gasteiger partial charge in [0.2, 0.25) is 0 Å². The monoisotopic (exact) mass is 179 g/mol. The molecule has 0 aliphatic carbocycles. The molecule has 0 fully saturated rings. The number of alkyl halides is 1. The zero-order valence-corrected chi connectivity index (χ0v) is 7.65. The van der Waals surface area contributed by atoms with Crippen LogP contribution in [0.4, 0.5) is 10.1 Å². The summed E-state index contributed by atoms with van der Waals surface area (Å²) >= 11 is 0. The maximum absolute atomic E-state index is 12.4. The van der Waals surface area contributed by atoms with Crippen LogP contribution in [0.3, 0.4) is 0 Å². The Bertz CT molecular complexity index is 296. The van der Waals surface area contributed by atoms with E-state index in [1.165, 1.54) is 18.4 Å². The standard InChI is InChI=1S/C11H14FN/c12-8-9-4-5-10-3-1-2-6-13-11(10)7-9/h4-5,7,13H,1-3,6,8H2. The van der Waals surface area contributed by atoms with Crippen LogP contribution in [0.5, 0.6) is 0 Å². The lowest BCUT2D eigenvalue weighted by Crippen LogP contribution is -1.99. The molecule has 70 valence electrons. The smallest absolute Gasteiger partial charge is 0.115 e. The normalized spacial score (nSPS) is 15.8. The summed E-state index contributed by atoms with van der Waals surface area (Å²) < 4.78 is 12.4. The summed E-state index contributed by atoms with van der Waals surface area (Å²) in [7, 11) is 0. The molecule has 0 radical (unpaired) electrons. The maximum atomic E-state index is 12.4. The van der Waals surface area contributed by atoms with Gasteiger partial charge in [-0.3, -0.25) is 0 Å². The van der Waals surface area contributed by atoms with Gasteiger partial charge in [-0.2, -0.15) is 0 Å². The van der Waals surface area contributed by atoms with Crippen LogP contribution in [0.15, 0.2) is 18.2 Å². The molecular formula is C11H14FN. The minimum atomic E-state index is -0.366. The Balaban J connectivity index is 2.32. The first-order valence-corrected chi connectivity index (χ1v) is 4.82. The van der Waals surface area contributed by atoms with E-state index in [4.69, 9.17) is 0 Å². The van der Waals surface area contributed by atoms with E-state index in [0.717, 1.165) is 24.2 Å². The minimum absolute atomic E-state index is 0.366. The molecule has 2 heteroatoms. The lowest BCUT2D eigenvalue weighted by molar-refractivity contribution is 0.485. The summed E-state index contributed by atoms with van der Waals surface area (Å²) in [6, 6.07) is 5.86. The Labute approximate surface area is 78.0 Å². The first kappa shape index (κ1) is 8.54. The van der Waals surface area contributed by atoms with Crippen LogP contribution in [0, 0.1) is 0 Å². The summed E-state index contributed by atoms with van der Waals surface area (Å²) in [5.74, 6) is 0. The Morgan fingerprint density at radius 2 is 2.23 bits per heavy atom. The fraction of sp³-hybridized carbons (Fsp3) is 0.455. The zero-order valence-electron chi connectivity index (χ0n) is 7.65. The number of rotatable bonds is 1. The fourth-order valence-corrected chi connectivity index (χ4v) is 1.75. The van der Waals surface area contributed by atoms with Gasteiger partial charge in [-0.25, -0.2) is 4.39 Å². The van der Waals surface area contributed by atoms with Crippen LogP contribution >= 0.6 is 0 Å². The third-order valence-electron chi connectivity index (χ3n) is 2.52. The molecule has 0 saturated heterocycles. The van der Waals surface area contributed by atoms with Gasteiger partial charge in [-0.05, 0) is 36.5 Å². The van der Waals surface area contributed by atoms with E-state index >= 15 is 0 Å². The molecule has 0 amide bonds. The van der Waals surface area contributed by atoms with Crippen LogP contribution in [-0.4, -0.2) is 6.54 Å². The van der Waals surface area contributed by atoms with Gasteiger partial charge in [0.15, 0.2) is 0 Å². The van der Waals surface area contributed by atoms with Crippen molar-refractivity contribution in [2.24, 2.45) is 0 Å². The third kappa shape index (κ3) is 1.82. The van der Waals surface area contributed by atoms with E-state index in [2.05, 4.69) is 5.32 Å². The SMILES string of the molecule is FCc1ccc2c(c1)NCCCC2. The molecule has 0 spiro atoms. The maximum Gasteiger partial charge on any atom is 0.115 e. The first-order chi connectivity index (χ1) is 6.40. The van der Waals surface area contributed by atoms with Gasteiger partial charge < -0.3 is 5.32 Å². The van der Waals surface area contributed by atoms with E-state index in [1.54, 1.807) is 0 Å².